The number of hydrogen-bond donors (Lipinski definition) is 0. The zero-order valence-electron chi connectivity index (χ0n) is 21.1. The number of carbonyl (C=O) groups excluding carboxylic acids is 2. The number of nitrogens with zero attached hydrogens (tertiary/aromatic N) is 3. The number of thiazole rings is 1. The molecular formula is C28H27N3O5S. The maximum absolute atomic E-state index is 13.7. The van der Waals surface area contributed by atoms with Gasteiger partial charge < -0.3 is 14.4 Å². The van der Waals surface area contributed by atoms with Crippen LogP contribution in [0, 0.1) is 0 Å². The number of methoxy groups -OCH3 is 1. The van der Waals surface area contributed by atoms with Gasteiger partial charge in [0.25, 0.3) is 5.56 Å². The molecule has 0 saturated carbocycles. The van der Waals surface area contributed by atoms with Crippen molar-refractivity contribution in [1.82, 2.24) is 4.57 Å². The van der Waals surface area contributed by atoms with E-state index in [0.717, 1.165) is 11.3 Å². The van der Waals surface area contributed by atoms with E-state index in [1.54, 1.807) is 31.2 Å². The summed E-state index contributed by atoms with van der Waals surface area (Å²) < 4.78 is 12.1. The Morgan fingerprint density at radius 3 is 2.38 bits per heavy atom. The maximum Gasteiger partial charge on any atom is 0.338 e. The van der Waals surface area contributed by atoms with Gasteiger partial charge in [-0.25, -0.2) is 14.6 Å². The average Bonchev–Trinajstić information content (AvgIpc) is 3.20. The van der Waals surface area contributed by atoms with Crippen molar-refractivity contribution in [3.05, 3.63) is 109 Å². The first-order chi connectivity index (χ1) is 17.7. The van der Waals surface area contributed by atoms with Crippen LogP contribution in [-0.4, -0.2) is 44.3 Å². The molecule has 0 aliphatic carbocycles. The lowest BCUT2D eigenvalue weighted by molar-refractivity contribution is -0.138. The van der Waals surface area contributed by atoms with E-state index < -0.39 is 18.0 Å². The Bertz CT molecular complexity index is 1560. The third-order valence-electron chi connectivity index (χ3n) is 5.93. The summed E-state index contributed by atoms with van der Waals surface area (Å²) in [4.78, 5) is 45.8. The number of carbonyl (C=O) groups is 2. The average molecular weight is 518 g/mol. The number of esters is 2. The van der Waals surface area contributed by atoms with E-state index in [-0.39, 0.29) is 17.7 Å². The molecule has 0 amide bonds. The Morgan fingerprint density at radius 1 is 1.11 bits per heavy atom. The van der Waals surface area contributed by atoms with Crippen molar-refractivity contribution in [3.63, 3.8) is 0 Å². The van der Waals surface area contributed by atoms with Crippen LogP contribution in [0.4, 0.5) is 5.69 Å². The molecule has 190 valence electrons. The lowest BCUT2D eigenvalue weighted by atomic mass is 9.95. The Kier molecular flexibility index (Phi) is 7.54. The molecule has 0 N–H and O–H groups in total. The smallest absolute Gasteiger partial charge is 0.338 e. The molecular weight excluding hydrogens is 490 g/mol. The van der Waals surface area contributed by atoms with Crippen molar-refractivity contribution in [2.45, 2.75) is 13.0 Å². The van der Waals surface area contributed by atoms with Crippen molar-refractivity contribution >= 4 is 35.0 Å². The zero-order chi connectivity index (χ0) is 26.7. The van der Waals surface area contributed by atoms with Crippen molar-refractivity contribution in [1.29, 1.82) is 0 Å². The largest absolute Gasteiger partial charge is 0.465 e. The Balaban J connectivity index is 1.87. The molecule has 0 saturated heterocycles. The van der Waals surface area contributed by atoms with E-state index in [9.17, 15) is 14.4 Å². The summed E-state index contributed by atoms with van der Waals surface area (Å²) in [6, 6.07) is 13.7. The van der Waals surface area contributed by atoms with Crippen LogP contribution in [0.15, 0.2) is 82.2 Å². The van der Waals surface area contributed by atoms with Crippen molar-refractivity contribution in [2.75, 3.05) is 32.7 Å². The molecule has 1 unspecified atom stereocenters. The van der Waals surface area contributed by atoms with Gasteiger partial charge in [0, 0.05) is 19.8 Å². The van der Waals surface area contributed by atoms with Crippen LogP contribution < -0.4 is 19.8 Å². The molecule has 2 heterocycles. The van der Waals surface area contributed by atoms with Gasteiger partial charge in [0.2, 0.25) is 0 Å². The van der Waals surface area contributed by atoms with Crippen molar-refractivity contribution in [2.24, 2.45) is 4.99 Å². The summed E-state index contributed by atoms with van der Waals surface area (Å²) >= 11 is 1.25. The number of anilines is 1. The van der Waals surface area contributed by atoms with Crippen LogP contribution in [0.2, 0.25) is 0 Å². The molecule has 0 spiro atoms. The van der Waals surface area contributed by atoms with E-state index in [4.69, 9.17) is 9.47 Å². The SMILES string of the molecule is C=CCOC(=O)C1=C(C)N=c2sc(=Cc3ccc(N(C)C)cc3)c(=O)n2C1c1ccc(C(=O)OC)cc1. The topological polar surface area (TPSA) is 90.2 Å². The van der Waals surface area contributed by atoms with E-state index in [2.05, 4.69) is 11.6 Å². The molecule has 1 aliphatic rings. The van der Waals surface area contributed by atoms with E-state index in [1.165, 1.54) is 29.1 Å². The molecule has 1 aliphatic heterocycles. The van der Waals surface area contributed by atoms with Gasteiger partial charge >= 0.3 is 11.9 Å². The maximum atomic E-state index is 13.7. The normalized spacial score (nSPS) is 15.0. The molecule has 9 heteroatoms. The summed E-state index contributed by atoms with van der Waals surface area (Å²) in [6.45, 7) is 5.34. The monoisotopic (exact) mass is 517 g/mol. The standard InChI is InChI=1S/C28H27N3O5S/c1-6-15-36-27(34)23-17(2)29-28-31(24(23)19-9-11-20(12-10-19)26(33)35-5)25(32)22(37-28)16-18-7-13-21(14-8-18)30(3)4/h6-14,16,24H,1,15H2,2-5H3. The minimum atomic E-state index is -0.779. The number of fused-ring (bicyclic) bond motifs is 1. The van der Waals surface area contributed by atoms with Crippen LogP contribution >= 0.6 is 11.3 Å². The second-order valence-electron chi connectivity index (χ2n) is 8.57. The van der Waals surface area contributed by atoms with Crippen molar-refractivity contribution in [3.8, 4) is 0 Å². The number of benzene rings is 2. The molecule has 8 nitrogen and oxygen atoms in total. The summed E-state index contributed by atoms with van der Waals surface area (Å²) in [5, 5.41) is 0. The molecule has 37 heavy (non-hydrogen) atoms. The van der Waals surface area contributed by atoms with Gasteiger partial charge in [-0.2, -0.15) is 0 Å². The minimum absolute atomic E-state index is 0.0248. The Morgan fingerprint density at radius 2 is 1.78 bits per heavy atom. The van der Waals surface area contributed by atoms with Gasteiger partial charge in [-0.15, -0.1) is 0 Å². The van der Waals surface area contributed by atoms with Gasteiger partial charge in [0.05, 0.1) is 34.5 Å². The molecule has 0 bridgehead atoms. The Labute approximate surface area is 218 Å². The summed E-state index contributed by atoms with van der Waals surface area (Å²) in [6.07, 6.45) is 3.29. The fraction of sp³-hybridized carbons (Fsp3) is 0.214. The first-order valence-electron chi connectivity index (χ1n) is 11.5. The number of rotatable bonds is 7. The number of hydrogen-bond acceptors (Lipinski definition) is 8. The second kappa shape index (κ2) is 10.8. The molecule has 1 aromatic heterocycles. The highest BCUT2D eigenvalue weighted by Crippen LogP contribution is 2.31. The van der Waals surface area contributed by atoms with Crippen molar-refractivity contribution < 1.29 is 19.1 Å². The molecule has 2 aromatic carbocycles. The quantitative estimate of drug-likeness (QED) is 0.354. The first-order valence-corrected chi connectivity index (χ1v) is 12.3. The second-order valence-corrected chi connectivity index (χ2v) is 9.58. The van der Waals surface area contributed by atoms with E-state index >= 15 is 0 Å². The molecule has 4 rings (SSSR count). The van der Waals surface area contributed by atoms with Gasteiger partial charge in [-0.1, -0.05) is 48.3 Å². The highest BCUT2D eigenvalue weighted by atomic mass is 32.1. The lowest BCUT2D eigenvalue weighted by Gasteiger charge is -2.24. The highest BCUT2D eigenvalue weighted by molar-refractivity contribution is 7.07. The number of allylic oxidation sites excluding steroid dienone is 1. The fourth-order valence-electron chi connectivity index (χ4n) is 4.05. The molecule has 0 fully saturated rings. The third-order valence-corrected chi connectivity index (χ3v) is 6.91. The molecule has 1 atom stereocenters. The van der Waals surface area contributed by atoms with Gasteiger partial charge in [-0.3, -0.25) is 9.36 Å². The number of aromatic nitrogens is 1. The van der Waals surface area contributed by atoms with Crippen LogP contribution in [0.3, 0.4) is 0 Å². The van der Waals surface area contributed by atoms with Gasteiger partial charge in [0.1, 0.15) is 6.61 Å². The van der Waals surface area contributed by atoms with E-state index in [0.29, 0.717) is 26.2 Å². The number of ether oxygens (including phenoxy) is 2. The van der Waals surface area contributed by atoms with Gasteiger partial charge in [0.15, 0.2) is 4.80 Å². The summed E-state index contributed by atoms with van der Waals surface area (Å²) in [7, 11) is 5.23. The third kappa shape index (κ3) is 5.17. The van der Waals surface area contributed by atoms with Crippen LogP contribution in [0.1, 0.15) is 34.5 Å². The van der Waals surface area contributed by atoms with Crippen LogP contribution in [-0.2, 0) is 14.3 Å². The van der Waals surface area contributed by atoms with Crippen LogP contribution in [0.5, 0.6) is 0 Å². The highest BCUT2D eigenvalue weighted by Gasteiger charge is 2.33. The minimum Gasteiger partial charge on any atom is -0.465 e. The predicted octanol–water partition coefficient (Wildman–Crippen LogP) is 2.82. The Hall–Kier alpha value is -4.24. The van der Waals surface area contributed by atoms with Gasteiger partial charge in [-0.05, 0) is 48.4 Å². The molecule has 0 radical (unpaired) electrons. The zero-order valence-corrected chi connectivity index (χ0v) is 21.9. The summed E-state index contributed by atoms with van der Waals surface area (Å²) in [5.74, 6) is -1.06. The fourth-order valence-corrected chi connectivity index (χ4v) is 5.10. The van der Waals surface area contributed by atoms with Crippen LogP contribution in [0.25, 0.3) is 6.08 Å². The first kappa shape index (κ1) is 25.8. The lowest BCUT2D eigenvalue weighted by Crippen LogP contribution is -2.40. The predicted molar refractivity (Wildman–Crippen MR) is 143 cm³/mol. The van der Waals surface area contributed by atoms with E-state index in [1.807, 2.05) is 49.3 Å². The summed E-state index contributed by atoms with van der Waals surface area (Å²) in [5.41, 5.74) is 3.35. The molecule has 3 aromatic rings.